The Hall–Kier alpha value is -0.160. The number of aliphatic hydroxyl groups is 3. The van der Waals surface area contributed by atoms with E-state index in [-0.39, 0.29) is 6.04 Å². The average Bonchev–Trinajstić information content (AvgIpc) is 2.25. The van der Waals surface area contributed by atoms with E-state index in [0.29, 0.717) is 6.54 Å². The molecule has 4 nitrogen and oxygen atoms in total. The van der Waals surface area contributed by atoms with Crippen molar-refractivity contribution in [1.82, 2.24) is 4.90 Å². The minimum Gasteiger partial charge on any atom is -0.386 e. The SMILES string of the molecule is OC1CN2CCCCC2C1(O)O. The van der Waals surface area contributed by atoms with Crippen molar-refractivity contribution in [3.63, 3.8) is 0 Å². The van der Waals surface area contributed by atoms with Gasteiger partial charge in [0.1, 0.15) is 6.10 Å². The summed E-state index contributed by atoms with van der Waals surface area (Å²) in [6, 6.07) is -0.249. The molecule has 0 radical (unpaired) electrons. The van der Waals surface area contributed by atoms with Gasteiger partial charge in [0.25, 0.3) is 0 Å². The zero-order valence-electron chi connectivity index (χ0n) is 6.98. The molecular formula is C8H15NO3. The van der Waals surface area contributed by atoms with Crippen molar-refractivity contribution in [2.24, 2.45) is 0 Å². The zero-order valence-corrected chi connectivity index (χ0v) is 6.98. The van der Waals surface area contributed by atoms with E-state index in [1.54, 1.807) is 0 Å². The second kappa shape index (κ2) is 2.67. The molecule has 2 unspecified atom stereocenters. The summed E-state index contributed by atoms with van der Waals surface area (Å²) in [5, 5.41) is 28.4. The second-order valence-corrected chi connectivity index (χ2v) is 3.81. The van der Waals surface area contributed by atoms with Gasteiger partial charge in [-0.1, -0.05) is 6.42 Å². The highest BCUT2D eigenvalue weighted by Gasteiger charge is 2.52. The van der Waals surface area contributed by atoms with Crippen LogP contribution in [0.3, 0.4) is 0 Å². The van der Waals surface area contributed by atoms with E-state index in [9.17, 15) is 15.3 Å². The van der Waals surface area contributed by atoms with Crippen LogP contribution in [0.2, 0.25) is 0 Å². The number of piperidine rings is 1. The molecule has 2 heterocycles. The predicted octanol–water partition coefficient (Wildman–Crippen LogP) is -1.10. The summed E-state index contributed by atoms with van der Waals surface area (Å²) < 4.78 is 0. The van der Waals surface area contributed by atoms with E-state index in [1.165, 1.54) is 0 Å². The largest absolute Gasteiger partial charge is 0.386 e. The Morgan fingerprint density at radius 2 is 2.00 bits per heavy atom. The summed E-state index contributed by atoms with van der Waals surface area (Å²) in [6.45, 7) is 1.28. The first kappa shape index (κ1) is 8.44. The van der Waals surface area contributed by atoms with Crippen molar-refractivity contribution >= 4 is 0 Å². The highest BCUT2D eigenvalue weighted by Crippen LogP contribution is 2.33. The van der Waals surface area contributed by atoms with Crippen LogP contribution in [0, 0.1) is 0 Å². The molecule has 0 amide bonds. The Labute approximate surface area is 71.4 Å². The molecule has 0 aliphatic carbocycles. The number of rotatable bonds is 0. The van der Waals surface area contributed by atoms with Crippen molar-refractivity contribution in [2.45, 2.75) is 37.2 Å². The molecule has 0 spiro atoms. The first-order valence-corrected chi connectivity index (χ1v) is 4.49. The summed E-state index contributed by atoms with van der Waals surface area (Å²) in [5.74, 6) is -1.87. The van der Waals surface area contributed by atoms with E-state index in [1.807, 2.05) is 4.90 Å². The van der Waals surface area contributed by atoms with Gasteiger partial charge in [0.05, 0.1) is 6.04 Å². The Morgan fingerprint density at radius 3 is 2.67 bits per heavy atom. The number of hydrogen-bond donors (Lipinski definition) is 3. The monoisotopic (exact) mass is 173 g/mol. The first-order chi connectivity index (χ1) is 5.62. The Kier molecular flexibility index (Phi) is 1.88. The van der Waals surface area contributed by atoms with Crippen LogP contribution < -0.4 is 0 Å². The van der Waals surface area contributed by atoms with Crippen LogP contribution in [0.1, 0.15) is 19.3 Å². The highest BCUT2D eigenvalue weighted by molar-refractivity contribution is 5.00. The van der Waals surface area contributed by atoms with E-state index >= 15 is 0 Å². The molecule has 0 bridgehead atoms. The molecule has 0 saturated carbocycles. The number of hydrogen-bond acceptors (Lipinski definition) is 4. The minimum atomic E-state index is -1.87. The van der Waals surface area contributed by atoms with Gasteiger partial charge in [0.15, 0.2) is 0 Å². The third-order valence-electron chi connectivity index (χ3n) is 3.00. The molecule has 2 rings (SSSR count). The van der Waals surface area contributed by atoms with Gasteiger partial charge in [0.2, 0.25) is 5.79 Å². The van der Waals surface area contributed by atoms with Gasteiger partial charge in [-0.15, -0.1) is 0 Å². The molecule has 70 valence electrons. The Balaban J connectivity index is 2.16. The fourth-order valence-electron chi connectivity index (χ4n) is 2.27. The van der Waals surface area contributed by atoms with Crippen LogP contribution in [-0.4, -0.2) is 51.2 Å². The van der Waals surface area contributed by atoms with Gasteiger partial charge in [-0.3, -0.25) is 4.90 Å². The summed E-state index contributed by atoms with van der Waals surface area (Å²) in [7, 11) is 0. The number of aliphatic hydroxyl groups excluding tert-OH is 1. The quantitative estimate of drug-likeness (QED) is 0.407. The van der Waals surface area contributed by atoms with Gasteiger partial charge < -0.3 is 15.3 Å². The molecular weight excluding hydrogens is 158 g/mol. The molecule has 2 saturated heterocycles. The molecule has 12 heavy (non-hydrogen) atoms. The fourth-order valence-corrected chi connectivity index (χ4v) is 2.27. The summed E-state index contributed by atoms with van der Waals surface area (Å²) in [4.78, 5) is 1.97. The topological polar surface area (TPSA) is 63.9 Å². The van der Waals surface area contributed by atoms with Crippen molar-refractivity contribution < 1.29 is 15.3 Å². The lowest BCUT2D eigenvalue weighted by atomic mass is 9.97. The molecule has 0 aromatic heterocycles. The third-order valence-corrected chi connectivity index (χ3v) is 3.00. The summed E-state index contributed by atoms with van der Waals surface area (Å²) in [5.41, 5.74) is 0. The van der Waals surface area contributed by atoms with Gasteiger partial charge >= 0.3 is 0 Å². The van der Waals surface area contributed by atoms with Crippen LogP contribution in [0.25, 0.3) is 0 Å². The van der Waals surface area contributed by atoms with Crippen LogP contribution >= 0.6 is 0 Å². The van der Waals surface area contributed by atoms with Crippen LogP contribution in [0.5, 0.6) is 0 Å². The molecule has 2 fully saturated rings. The normalized spacial score (nSPS) is 41.2. The van der Waals surface area contributed by atoms with Crippen LogP contribution in [-0.2, 0) is 0 Å². The molecule has 0 aromatic rings. The lowest BCUT2D eigenvalue weighted by Gasteiger charge is -2.33. The predicted molar refractivity (Wildman–Crippen MR) is 42.4 cm³/mol. The number of nitrogens with zero attached hydrogens (tertiary/aromatic N) is 1. The fraction of sp³-hybridized carbons (Fsp3) is 1.00. The van der Waals surface area contributed by atoms with E-state index in [2.05, 4.69) is 0 Å². The van der Waals surface area contributed by atoms with Crippen LogP contribution in [0.4, 0.5) is 0 Å². The lowest BCUT2D eigenvalue weighted by Crippen LogP contribution is -2.50. The second-order valence-electron chi connectivity index (χ2n) is 3.81. The molecule has 2 aliphatic rings. The molecule has 2 atom stereocenters. The Morgan fingerprint density at radius 1 is 1.25 bits per heavy atom. The van der Waals surface area contributed by atoms with Gasteiger partial charge in [-0.05, 0) is 19.4 Å². The molecule has 3 N–H and O–H groups in total. The average molecular weight is 173 g/mol. The molecule has 0 aromatic carbocycles. The van der Waals surface area contributed by atoms with Crippen molar-refractivity contribution in [2.75, 3.05) is 13.1 Å². The molecule has 4 heteroatoms. The van der Waals surface area contributed by atoms with Crippen molar-refractivity contribution in [1.29, 1.82) is 0 Å². The van der Waals surface area contributed by atoms with Gasteiger partial charge in [-0.25, -0.2) is 0 Å². The summed E-state index contributed by atoms with van der Waals surface area (Å²) in [6.07, 6.45) is 1.90. The minimum absolute atomic E-state index is 0.249. The molecule has 2 aliphatic heterocycles. The van der Waals surface area contributed by atoms with Gasteiger partial charge in [-0.2, -0.15) is 0 Å². The van der Waals surface area contributed by atoms with E-state index in [0.717, 1.165) is 25.8 Å². The maximum absolute atomic E-state index is 9.52. The zero-order chi connectivity index (χ0) is 8.77. The summed E-state index contributed by atoms with van der Waals surface area (Å²) >= 11 is 0. The standard InChI is InChI=1S/C8H15NO3/c10-7-5-9-4-2-1-3-6(9)8(7,11)12/h6-7,10-12H,1-5H2. The maximum Gasteiger partial charge on any atom is 0.206 e. The van der Waals surface area contributed by atoms with Crippen LogP contribution in [0.15, 0.2) is 0 Å². The van der Waals surface area contributed by atoms with Crippen molar-refractivity contribution in [3.8, 4) is 0 Å². The lowest BCUT2D eigenvalue weighted by molar-refractivity contribution is -0.223. The Bertz CT molecular complexity index is 183. The van der Waals surface area contributed by atoms with Crippen molar-refractivity contribution in [3.05, 3.63) is 0 Å². The first-order valence-electron chi connectivity index (χ1n) is 4.49. The smallest absolute Gasteiger partial charge is 0.206 e. The van der Waals surface area contributed by atoms with E-state index in [4.69, 9.17) is 0 Å². The van der Waals surface area contributed by atoms with E-state index < -0.39 is 11.9 Å². The number of fused-ring (bicyclic) bond motifs is 1. The van der Waals surface area contributed by atoms with Gasteiger partial charge in [0, 0.05) is 6.54 Å². The maximum atomic E-state index is 9.52. The highest BCUT2D eigenvalue weighted by atomic mass is 16.5. The third kappa shape index (κ3) is 1.07.